The average Bonchev–Trinajstić information content (AvgIpc) is 3.42. The van der Waals surface area contributed by atoms with E-state index in [-0.39, 0.29) is 5.91 Å². The van der Waals surface area contributed by atoms with Crippen LogP contribution in [0.1, 0.15) is 18.2 Å². The molecule has 4 rings (SSSR count). The second-order valence-corrected chi connectivity index (χ2v) is 8.49. The minimum absolute atomic E-state index is 0.127. The van der Waals surface area contributed by atoms with E-state index in [2.05, 4.69) is 23.2 Å². The van der Waals surface area contributed by atoms with Gasteiger partial charge in [-0.1, -0.05) is 42.1 Å². The van der Waals surface area contributed by atoms with Crippen LogP contribution in [0.3, 0.4) is 0 Å². The lowest BCUT2D eigenvalue weighted by Gasteiger charge is -2.20. The molecule has 0 atom stereocenters. The van der Waals surface area contributed by atoms with E-state index >= 15 is 0 Å². The molecule has 0 aliphatic carbocycles. The van der Waals surface area contributed by atoms with Crippen molar-refractivity contribution >= 4 is 39.8 Å². The number of hydrogen-bond acceptors (Lipinski definition) is 7. The van der Waals surface area contributed by atoms with Gasteiger partial charge in [-0.25, -0.2) is 4.98 Å². The molecule has 0 unspecified atom stereocenters. The first-order chi connectivity index (χ1) is 15.1. The number of hydrogen-bond donors (Lipinski definition) is 0. The SMILES string of the molecule is COc1ccccc1N(C(C)=O)c1nc(CSc2nncn2-c2ccccc2C)cs1. The number of thiazole rings is 1. The first-order valence-electron chi connectivity index (χ1n) is 9.55. The molecule has 0 aliphatic heterocycles. The number of rotatable bonds is 7. The molecule has 0 saturated carbocycles. The van der Waals surface area contributed by atoms with Crippen LogP contribution in [-0.2, 0) is 10.5 Å². The topological polar surface area (TPSA) is 73.1 Å². The lowest BCUT2D eigenvalue weighted by Crippen LogP contribution is -2.23. The van der Waals surface area contributed by atoms with Crippen molar-refractivity contribution in [3.8, 4) is 11.4 Å². The third-order valence-electron chi connectivity index (χ3n) is 4.61. The summed E-state index contributed by atoms with van der Waals surface area (Å²) >= 11 is 2.98. The lowest BCUT2D eigenvalue weighted by molar-refractivity contribution is -0.115. The number of methoxy groups -OCH3 is 1. The fourth-order valence-electron chi connectivity index (χ4n) is 3.15. The Bertz CT molecular complexity index is 1200. The highest BCUT2D eigenvalue weighted by Crippen LogP contribution is 2.36. The number of anilines is 2. The standard InChI is InChI=1S/C22H21N5O2S2/c1-15-8-4-5-9-18(15)26-14-23-25-22(26)31-13-17-12-30-21(24-17)27(16(2)28)19-10-6-7-11-20(19)29-3/h4-12,14H,13H2,1-3H3. The maximum absolute atomic E-state index is 12.4. The molecule has 0 bridgehead atoms. The molecule has 0 radical (unpaired) electrons. The molecule has 2 aromatic carbocycles. The molecule has 31 heavy (non-hydrogen) atoms. The number of amides is 1. The van der Waals surface area contributed by atoms with Gasteiger partial charge in [-0.3, -0.25) is 14.3 Å². The molecule has 2 aromatic heterocycles. The van der Waals surface area contributed by atoms with Crippen molar-refractivity contribution in [1.82, 2.24) is 19.7 Å². The average molecular weight is 452 g/mol. The number of aryl methyl sites for hydroxylation is 1. The molecule has 0 fully saturated rings. The number of carbonyl (C=O) groups excluding carboxylic acids is 1. The third kappa shape index (κ3) is 4.47. The van der Waals surface area contributed by atoms with Crippen LogP contribution in [-0.4, -0.2) is 32.8 Å². The summed E-state index contributed by atoms with van der Waals surface area (Å²) in [4.78, 5) is 18.7. The molecular weight excluding hydrogens is 430 g/mol. The van der Waals surface area contributed by atoms with Crippen LogP contribution < -0.4 is 9.64 Å². The Morgan fingerprint density at radius 2 is 1.97 bits per heavy atom. The van der Waals surface area contributed by atoms with Crippen molar-refractivity contribution in [2.24, 2.45) is 0 Å². The summed E-state index contributed by atoms with van der Waals surface area (Å²) in [6.07, 6.45) is 1.72. The van der Waals surface area contributed by atoms with Crippen LogP contribution in [0.2, 0.25) is 0 Å². The monoisotopic (exact) mass is 451 g/mol. The largest absolute Gasteiger partial charge is 0.495 e. The number of thioether (sulfide) groups is 1. The first kappa shape index (κ1) is 21.1. The number of carbonyl (C=O) groups is 1. The van der Waals surface area contributed by atoms with Gasteiger partial charge in [-0.05, 0) is 30.7 Å². The van der Waals surface area contributed by atoms with Gasteiger partial charge in [0.2, 0.25) is 5.91 Å². The molecule has 0 saturated heterocycles. The molecule has 158 valence electrons. The molecule has 4 aromatic rings. The summed E-state index contributed by atoms with van der Waals surface area (Å²) in [5.41, 5.74) is 3.73. The van der Waals surface area contributed by atoms with E-state index < -0.39 is 0 Å². The zero-order valence-electron chi connectivity index (χ0n) is 17.3. The Morgan fingerprint density at radius 3 is 2.74 bits per heavy atom. The number of ether oxygens (including phenoxy) is 1. The van der Waals surface area contributed by atoms with E-state index in [1.807, 2.05) is 52.4 Å². The van der Waals surface area contributed by atoms with E-state index in [1.54, 1.807) is 30.1 Å². The fraction of sp³-hybridized carbons (Fsp3) is 0.182. The first-order valence-corrected chi connectivity index (χ1v) is 11.4. The van der Waals surface area contributed by atoms with Gasteiger partial charge in [0.15, 0.2) is 10.3 Å². The number of benzene rings is 2. The minimum Gasteiger partial charge on any atom is -0.495 e. The molecule has 7 nitrogen and oxygen atoms in total. The van der Waals surface area contributed by atoms with Gasteiger partial charge in [-0.2, -0.15) is 0 Å². The quantitative estimate of drug-likeness (QED) is 0.368. The van der Waals surface area contributed by atoms with Crippen molar-refractivity contribution < 1.29 is 9.53 Å². The summed E-state index contributed by atoms with van der Waals surface area (Å²) in [6.45, 7) is 3.58. The predicted octanol–water partition coefficient (Wildman–Crippen LogP) is 5.02. The van der Waals surface area contributed by atoms with Crippen LogP contribution in [0, 0.1) is 6.92 Å². The molecule has 0 aliphatic rings. The number of aromatic nitrogens is 4. The van der Waals surface area contributed by atoms with Crippen LogP contribution in [0.25, 0.3) is 5.69 Å². The predicted molar refractivity (Wildman–Crippen MR) is 124 cm³/mol. The van der Waals surface area contributed by atoms with E-state index in [0.29, 0.717) is 22.3 Å². The summed E-state index contributed by atoms with van der Waals surface area (Å²) < 4.78 is 7.40. The zero-order chi connectivity index (χ0) is 21.8. The smallest absolute Gasteiger partial charge is 0.230 e. The van der Waals surface area contributed by atoms with Gasteiger partial charge in [0, 0.05) is 18.1 Å². The molecule has 0 N–H and O–H groups in total. The van der Waals surface area contributed by atoms with Crippen LogP contribution in [0.5, 0.6) is 5.75 Å². The van der Waals surface area contributed by atoms with E-state index in [1.165, 1.54) is 18.3 Å². The molecule has 2 heterocycles. The van der Waals surface area contributed by atoms with Gasteiger partial charge in [0.1, 0.15) is 12.1 Å². The summed E-state index contributed by atoms with van der Waals surface area (Å²) in [6, 6.07) is 15.5. The number of nitrogens with zero attached hydrogens (tertiary/aromatic N) is 5. The Balaban J connectivity index is 1.55. The summed E-state index contributed by atoms with van der Waals surface area (Å²) in [5.74, 6) is 1.10. The van der Waals surface area contributed by atoms with Crippen LogP contribution in [0.15, 0.2) is 65.4 Å². The Hall–Kier alpha value is -3.17. The van der Waals surface area contributed by atoms with Gasteiger partial charge < -0.3 is 4.74 Å². The summed E-state index contributed by atoms with van der Waals surface area (Å²) in [7, 11) is 1.59. The Morgan fingerprint density at radius 1 is 1.19 bits per heavy atom. The Labute approximate surface area is 188 Å². The Kier molecular flexibility index (Phi) is 6.34. The normalized spacial score (nSPS) is 10.8. The molecule has 0 spiro atoms. The van der Waals surface area contributed by atoms with Crippen molar-refractivity contribution in [2.45, 2.75) is 24.8 Å². The number of para-hydroxylation sites is 3. The van der Waals surface area contributed by atoms with Crippen LogP contribution >= 0.6 is 23.1 Å². The molecular formula is C22H21N5O2S2. The zero-order valence-corrected chi connectivity index (χ0v) is 19.0. The second-order valence-electron chi connectivity index (χ2n) is 6.71. The van der Waals surface area contributed by atoms with Gasteiger partial charge in [-0.15, -0.1) is 21.5 Å². The maximum Gasteiger partial charge on any atom is 0.230 e. The van der Waals surface area contributed by atoms with Gasteiger partial charge >= 0.3 is 0 Å². The van der Waals surface area contributed by atoms with Crippen molar-refractivity contribution in [2.75, 3.05) is 12.0 Å². The van der Waals surface area contributed by atoms with Crippen molar-refractivity contribution in [1.29, 1.82) is 0 Å². The highest BCUT2D eigenvalue weighted by Gasteiger charge is 2.21. The highest BCUT2D eigenvalue weighted by atomic mass is 32.2. The third-order valence-corrected chi connectivity index (χ3v) is 6.46. The van der Waals surface area contributed by atoms with E-state index in [4.69, 9.17) is 9.72 Å². The van der Waals surface area contributed by atoms with Crippen LogP contribution in [0.4, 0.5) is 10.8 Å². The maximum atomic E-state index is 12.4. The fourth-order valence-corrected chi connectivity index (χ4v) is 4.95. The second kappa shape index (κ2) is 9.32. The lowest BCUT2D eigenvalue weighted by atomic mass is 10.2. The van der Waals surface area contributed by atoms with Gasteiger partial charge in [0.05, 0.1) is 24.2 Å². The van der Waals surface area contributed by atoms with Gasteiger partial charge in [0.25, 0.3) is 0 Å². The van der Waals surface area contributed by atoms with Crippen molar-refractivity contribution in [3.63, 3.8) is 0 Å². The molecule has 1 amide bonds. The van der Waals surface area contributed by atoms with Crippen molar-refractivity contribution in [3.05, 3.63) is 71.5 Å². The van der Waals surface area contributed by atoms with E-state index in [0.717, 1.165) is 22.1 Å². The minimum atomic E-state index is -0.127. The highest BCUT2D eigenvalue weighted by molar-refractivity contribution is 7.98. The summed E-state index contributed by atoms with van der Waals surface area (Å²) in [5, 5.41) is 11.7. The van der Waals surface area contributed by atoms with E-state index in [9.17, 15) is 4.79 Å². The molecule has 9 heteroatoms.